The summed E-state index contributed by atoms with van der Waals surface area (Å²) < 4.78 is 2.17. The molecule has 0 unspecified atom stereocenters. The minimum atomic E-state index is -0.191. The maximum absolute atomic E-state index is 12.2. The van der Waals surface area contributed by atoms with Gasteiger partial charge in [0.1, 0.15) is 0 Å². The Morgan fingerprint density at radius 2 is 1.75 bits per heavy atom. The quantitative estimate of drug-likeness (QED) is 0.391. The number of carbonyl (C=O) groups excluding carboxylic acids is 1. The smallest absolute Gasteiger partial charge is 0.259 e. The Balaban J connectivity index is 1.41. The van der Waals surface area contributed by atoms with Crippen molar-refractivity contribution in [2.45, 2.75) is 13.5 Å². The summed E-state index contributed by atoms with van der Waals surface area (Å²) in [4.78, 5) is 12.2. The van der Waals surface area contributed by atoms with Crippen LogP contribution in [-0.4, -0.2) is 23.2 Å². The van der Waals surface area contributed by atoms with Crippen molar-refractivity contribution < 1.29 is 4.79 Å². The van der Waals surface area contributed by atoms with E-state index in [9.17, 15) is 4.79 Å². The monoisotopic (exact) mass is 370 g/mol. The van der Waals surface area contributed by atoms with Crippen molar-refractivity contribution in [2.24, 2.45) is 5.10 Å². The summed E-state index contributed by atoms with van der Waals surface area (Å²) >= 11 is 0. The van der Waals surface area contributed by atoms with Gasteiger partial charge in [-0.1, -0.05) is 54.6 Å². The Bertz CT molecular complexity index is 1150. The molecule has 4 rings (SSSR count). The minimum absolute atomic E-state index is 0.155. The largest absolute Gasteiger partial charge is 0.376 e. The van der Waals surface area contributed by atoms with Gasteiger partial charge in [-0.2, -0.15) is 5.10 Å². The van der Waals surface area contributed by atoms with Gasteiger partial charge in [-0.15, -0.1) is 0 Å². The SMILES string of the molecule is CCn1cc(/C=N\NC(=O)CNc2cccc3ccccc23)c2ccccc21. The van der Waals surface area contributed by atoms with E-state index in [-0.39, 0.29) is 12.5 Å². The minimum Gasteiger partial charge on any atom is -0.376 e. The molecule has 0 radical (unpaired) electrons. The van der Waals surface area contributed by atoms with E-state index in [1.54, 1.807) is 6.21 Å². The Morgan fingerprint density at radius 3 is 2.61 bits per heavy atom. The molecular formula is C23H22N4O. The van der Waals surface area contributed by atoms with Gasteiger partial charge in [0.25, 0.3) is 5.91 Å². The first kappa shape index (κ1) is 17.8. The number of aromatic nitrogens is 1. The average Bonchev–Trinajstić information content (AvgIpc) is 3.10. The topological polar surface area (TPSA) is 58.4 Å². The zero-order valence-corrected chi connectivity index (χ0v) is 15.7. The molecule has 0 saturated carbocycles. The molecule has 0 aliphatic rings. The zero-order valence-electron chi connectivity index (χ0n) is 15.7. The number of anilines is 1. The first-order valence-corrected chi connectivity index (χ1v) is 9.37. The normalized spacial score (nSPS) is 11.3. The lowest BCUT2D eigenvalue weighted by atomic mass is 10.1. The van der Waals surface area contributed by atoms with Crippen LogP contribution in [0.3, 0.4) is 0 Å². The maximum atomic E-state index is 12.2. The standard InChI is InChI=1S/C23H22N4O/c1-2-27-16-18(20-11-5-6-13-22(20)27)14-25-26-23(28)15-24-21-12-7-9-17-8-3-4-10-19(17)21/h3-14,16,24H,2,15H2,1H3,(H,26,28)/b25-14-. The van der Waals surface area contributed by atoms with Crippen LogP contribution in [0.1, 0.15) is 12.5 Å². The summed E-state index contributed by atoms with van der Waals surface area (Å²) in [5, 5.41) is 10.7. The lowest BCUT2D eigenvalue weighted by Crippen LogP contribution is -2.25. The van der Waals surface area contributed by atoms with E-state index in [0.717, 1.165) is 39.5 Å². The van der Waals surface area contributed by atoms with Crippen LogP contribution in [0.25, 0.3) is 21.7 Å². The molecule has 0 aliphatic carbocycles. The van der Waals surface area contributed by atoms with Crippen LogP contribution in [-0.2, 0) is 11.3 Å². The molecule has 0 bridgehead atoms. The molecule has 0 saturated heterocycles. The predicted octanol–water partition coefficient (Wildman–Crippen LogP) is 4.38. The highest BCUT2D eigenvalue weighted by molar-refractivity contribution is 6.00. The van der Waals surface area contributed by atoms with E-state index in [2.05, 4.69) is 57.8 Å². The van der Waals surface area contributed by atoms with Crippen LogP contribution in [0, 0.1) is 0 Å². The fourth-order valence-corrected chi connectivity index (χ4v) is 3.41. The number of hydrogen-bond donors (Lipinski definition) is 2. The highest BCUT2D eigenvalue weighted by atomic mass is 16.2. The van der Waals surface area contributed by atoms with E-state index in [1.807, 2.05) is 42.5 Å². The Kier molecular flexibility index (Phi) is 5.06. The summed E-state index contributed by atoms with van der Waals surface area (Å²) in [6.45, 7) is 3.14. The van der Waals surface area contributed by atoms with Crippen molar-refractivity contribution in [1.29, 1.82) is 0 Å². The van der Waals surface area contributed by atoms with Crippen LogP contribution in [0.15, 0.2) is 78.0 Å². The first-order chi connectivity index (χ1) is 13.8. The number of hydrogen-bond acceptors (Lipinski definition) is 3. The number of para-hydroxylation sites is 1. The van der Waals surface area contributed by atoms with E-state index in [4.69, 9.17) is 0 Å². The predicted molar refractivity (Wildman–Crippen MR) is 116 cm³/mol. The van der Waals surface area contributed by atoms with Gasteiger partial charge in [-0.05, 0) is 24.4 Å². The fraction of sp³-hybridized carbons (Fsp3) is 0.130. The Morgan fingerprint density at radius 1 is 1.00 bits per heavy atom. The molecule has 1 aromatic heterocycles. The summed E-state index contributed by atoms with van der Waals surface area (Å²) in [5.41, 5.74) is 5.68. The Hall–Kier alpha value is -3.60. The molecule has 1 amide bonds. The van der Waals surface area contributed by atoms with E-state index in [0.29, 0.717) is 0 Å². The van der Waals surface area contributed by atoms with Gasteiger partial charge in [-0.25, -0.2) is 5.43 Å². The third kappa shape index (κ3) is 3.60. The first-order valence-electron chi connectivity index (χ1n) is 9.37. The third-order valence-electron chi connectivity index (χ3n) is 4.78. The number of hydrazone groups is 1. The number of nitrogens with zero attached hydrogens (tertiary/aromatic N) is 2. The molecule has 2 N–H and O–H groups in total. The molecule has 5 heteroatoms. The van der Waals surface area contributed by atoms with Gasteiger partial charge < -0.3 is 9.88 Å². The number of fused-ring (bicyclic) bond motifs is 2. The number of aryl methyl sites for hydroxylation is 1. The average molecular weight is 370 g/mol. The van der Waals surface area contributed by atoms with Gasteiger partial charge in [0.05, 0.1) is 12.8 Å². The molecule has 0 fully saturated rings. The summed E-state index contributed by atoms with van der Waals surface area (Å²) in [5.74, 6) is -0.191. The van der Waals surface area contributed by atoms with Crippen LogP contribution >= 0.6 is 0 Å². The van der Waals surface area contributed by atoms with Crippen LogP contribution in [0.5, 0.6) is 0 Å². The van der Waals surface area contributed by atoms with Crippen molar-refractivity contribution in [2.75, 3.05) is 11.9 Å². The number of rotatable bonds is 6. The van der Waals surface area contributed by atoms with Crippen LogP contribution in [0.4, 0.5) is 5.69 Å². The molecule has 0 aliphatic heterocycles. The highest BCUT2D eigenvalue weighted by Crippen LogP contribution is 2.22. The number of nitrogens with one attached hydrogen (secondary N) is 2. The maximum Gasteiger partial charge on any atom is 0.259 e. The van der Waals surface area contributed by atoms with Gasteiger partial charge in [0.2, 0.25) is 0 Å². The van der Waals surface area contributed by atoms with Crippen LogP contribution in [0.2, 0.25) is 0 Å². The molecule has 140 valence electrons. The summed E-state index contributed by atoms with van der Waals surface area (Å²) in [6, 6.07) is 22.3. The molecule has 0 atom stereocenters. The molecular weight excluding hydrogens is 348 g/mol. The molecule has 0 spiro atoms. The fourth-order valence-electron chi connectivity index (χ4n) is 3.41. The summed E-state index contributed by atoms with van der Waals surface area (Å²) in [6.07, 6.45) is 3.75. The number of benzene rings is 3. The van der Waals surface area contributed by atoms with Crippen molar-refractivity contribution in [3.63, 3.8) is 0 Å². The van der Waals surface area contributed by atoms with E-state index < -0.39 is 0 Å². The summed E-state index contributed by atoms with van der Waals surface area (Å²) in [7, 11) is 0. The lowest BCUT2D eigenvalue weighted by Gasteiger charge is -2.08. The van der Waals surface area contributed by atoms with Crippen LogP contribution < -0.4 is 10.7 Å². The molecule has 1 heterocycles. The van der Waals surface area contributed by atoms with Crippen molar-refractivity contribution >= 4 is 39.5 Å². The second-order valence-corrected chi connectivity index (χ2v) is 6.56. The van der Waals surface area contributed by atoms with Gasteiger partial charge >= 0.3 is 0 Å². The van der Waals surface area contributed by atoms with Gasteiger partial charge in [0, 0.05) is 40.3 Å². The number of amides is 1. The Labute approximate surface area is 163 Å². The van der Waals surface area contributed by atoms with E-state index in [1.165, 1.54) is 0 Å². The van der Waals surface area contributed by atoms with Gasteiger partial charge in [0.15, 0.2) is 0 Å². The van der Waals surface area contributed by atoms with Crippen molar-refractivity contribution in [1.82, 2.24) is 9.99 Å². The highest BCUT2D eigenvalue weighted by Gasteiger charge is 2.06. The zero-order chi connectivity index (χ0) is 19.3. The van der Waals surface area contributed by atoms with E-state index >= 15 is 0 Å². The molecule has 28 heavy (non-hydrogen) atoms. The van der Waals surface area contributed by atoms with Crippen molar-refractivity contribution in [3.8, 4) is 0 Å². The second kappa shape index (κ2) is 7.96. The second-order valence-electron chi connectivity index (χ2n) is 6.56. The molecule has 3 aromatic carbocycles. The number of carbonyl (C=O) groups is 1. The third-order valence-corrected chi connectivity index (χ3v) is 4.78. The molecule has 5 nitrogen and oxygen atoms in total. The molecule has 4 aromatic rings. The van der Waals surface area contributed by atoms with Gasteiger partial charge in [-0.3, -0.25) is 4.79 Å². The lowest BCUT2D eigenvalue weighted by molar-refractivity contribution is -0.119. The van der Waals surface area contributed by atoms with Crippen molar-refractivity contribution in [3.05, 3.63) is 78.5 Å².